The van der Waals surface area contributed by atoms with Crippen LogP contribution in [0.5, 0.6) is 5.75 Å². The van der Waals surface area contributed by atoms with Gasteiger partial charge < -0.3 is 19.3 Å². The lowest BCUT2D eigenvalue weighted by molar-refractivity contribution is -0.152. The van der Waals surface area contributed by atoms with Crippen LogP contribution in [-0.2, 0) is 25.4 Å². The normalized spacial score (nSPS) is 12.3. The molecule has 28 heavy (non-hydrogen) atoms. The fourth-order valence-electron chi connectivity index (χ4n) is 2.65. The smallest absolute Gasteiger partial charge is 0.412 e. The maximum absolute atomic E-state index is 12.5. The van der Waals surface area contributed by atoms with Gasteiger partial charge in [0.15, 0.2) is 0 Å². The van der Waals surface area contributed by atoms with Crippen molar-refractivity contribution in [1.82, 2.24) is 4.90 Å². The minimum atomic E-state index is -0.770. The summed E-state index contributed by atoms with van der Waals surface area (Å²) < 4.78 is 15.8. The number of aromatic hydroxyl groups is 1. The summed E-state index contributed by atoms with van der Waals surface area (Å²) in [5.74, 6) is -0.203. The molecule has 1 aromatic carbocycles. The Balaban J connectivity index is 2.53. The molecule has 0 fully saturated rings. The van der Waals surface area contributed by atoms with Crippen LogP contribution in [0.15, 0.2) is 24.3 Å². The van der Waals surface area contributed by atoms with Gasteiger partial charge in [-0.15, -0.1) is 0 Å². The van der Waals surface area contributed by atoms with Gasteiger partial charge in [-0.1, -0.05) is 25.1 Å². The number of para-hydroxylation sites is 1. The molecule has 0 saturated carbocycles. The number of hydrogen-bond donors (Lipinski definition) is 1. The molecular weight excluding hydrogens is 362 g/mol. The van der Waals surface area contributed by atoms with E-state index in [1.165, 1.54) is 12.0 Å². The van der Waals surface area contributed by atoms with E-state index in [0.717, 1.165) is 12.0 Å². The van der Waals surface area contributed by atoms with E-state index in [-0.39, 0.29) is 19.1 Å². The molecule has 0 heterocycles. The van der Waals surface area contributed by atoms with Crippen LogP contribution < -0.4 is 0 Å². The minimum Gasteiger partial charge on any atom is -0.508 e. The fourth-order valence-corrected chi connectivity index (χ4v) is 2.65. The third kappa shape index (κ3) is 8.17. The summed E-state index contributed by atoms with van der Waals surface area (Å²) >= 11 is 0. The van der Waals surface area contributed by atoms with Crippen LogP contribution in [0.25, 0.3) is 0 Å². The summed E-state index contributed by atoms with van der Waals surface area (Å²) in [5.41, 5.74) is 0.199. The highest BCUT2D eigenvalue weighted by Gasteiger charge is 2.32. The Labute approximate surface area is 167 Å². The Morgan fingerprint density at radius 3 is 2.43 bits per heavy atom. The Kier molecular flexibility index (Phi) is 9.79. The van der Waals surface area contributed by atoms with Gasteiger partial charge in [0.2, 0.25) is 0 Å². The van der Waals surface area contributed by atoms with Crippen LogP contribution in [0.3, 0.4) is 0 Å². The molecule has 1 aromatic rings. The van der Waals surface area contributed by atoms with Crippen molar-refractivity contribution in [3.63, 3.8) is 0 Å². The zero-order valence-corrected chi connectivity index (χ0v) is 17.6. The number of carbonyl (C=O) groups is 2. The van der Waals surface area contributed by atoms with Gasteiger partial charge in [0.05, 0.1) is 6.61 Å². The molecular formula is C21H33NO6. The molecule has 0 unspecified atom stereocenters. The number of nitrogens with zero attached hydrogens (tertiary/aromatic N) is 1. The number of phenolic OH excluding ortho intramolecular Hbond substituents is 1. The second-order valence-electron chi connectivity index (χ2n) is 7.55. The molecule has 0 aliphatic heterocycles. The topological polar surface area (TPSA) is 85.3 Å². The predicted octanol–water partition coefficient (Wildman–Crippen LogP) is 3.88. The highest BCUT2D eigenvalue weighted by atomic mass is 16.6. The number of amides is 1. The number of aryl methyl sites for hydroxylation is 1. The van der Waals surface area contributed by atoms with Crippen molar-refractivity contribution < 1.29 is 28.9 Å². The molecule has 0 aromatic heterocycles. The molecule has 0 aliphatic rings. The summed E-state index contributed by atoms with van der Waals surface area (Å²) in [7, 11) is 1.45. The number of hydrogen-bond acceptors (Lipinski definition) is 6. The molecule has 0 aliphatic carbocycles. The molecule has 0 spiro atoms. The van der Waals surface area contributed by atoms with Gasteiger partial charge in [0, 0.05) is 7.11 Å². The van der Waals surface area contributed by atoms with Crippen LogP contribution in [-0.4, -0.2) is 54.2 Å². The van der Waals surface area contributed by atoms with E-state index in [2.05, 4.69) is 0 Å². The third-order valence-corrected chi connectivity index (χ3v) is 4.01. The zero-order valence-electron chi connectivity index (χ0n) is 17.6. The lowest BCUT2D eigenvalue weighted by atomic mass is 10.1. The first kappa shape index (κ1) is 23.8. The maximum atomic E-state index is 12.5. The van der Waals surface area contributed by atoms with Crippen molar-refractivity contribution in [1.29, 1.82) is 0 Å². The fraction of sp³-hybridized carbons (Fsp3) is 0.619. The van der Waals surface area contributed by atoms with Gasteiger partial charge in [-0.3, -0.25) is 4.90 Å². The maximum Gasteiger partial charge on any atom is 0.412 e. The van der Waals surface area contributed by atoms with Crippen molar-refractivity contribution in [2.45, 2.75) is 65.0 Å². The van der Waals surface area contributed by atoms with Crippen molar-refractivity contribution in [3.05, 3.63) is 29.8 Å². The Morgan fingerprint density at radius 1 is 1.18 bits per heavy atom. The quantitative estimate of drug-likeness (QED) is 0.368. The monoisotopic (exact) mass is 395 g/mol. The molecule has 1 atom stereocenters. The number of carbonyl (C=O) groups excluding carboxylic acids is 2. The van der Waals surface area contributed by atoms with Gasteiger partial charge in [-0.2, -0.15) is 0 Å². The summed E-state index contributed by atoms with van der Waals surface area (Å²) in [5, 5.41) is 9.76. The molecule has 1 rings (SSSR count). The molecule has 0 saturated heterocycles. The minimum absolute atomic E-state index is 0.0597. The van der Waals surface area contributed by atoms with Crippen LogP contribution in [0.4, 0.5) is 4.79 Å². The summed E-state index contributed by atoms with van der Waals surface area (Å²) in [4.78, 5) is 26.1. The van der Waals surface area contributed by atoms with E-state index in [1.54, 1.807) is 39.8 Å². The standard InChI is InChI=1S/C21H33NO6/c1-6-17(22(15-26-5)20(25)28-21(2,3)4)19(24)27-14-10-9-12-16-11-7-8-13-18(16)23/h7-8,11,13,17,23H,6,9-10,12,14-15H2,1-5H3/t17-/m0/s1. The molecule has 1 amide bonds. The molecule has 1 N–H and O–H groups in total. The van der Waals surface area contributed by atoms with E-state index in [9.17, 15) is 14.7 Å². The highest BCUT2D eigenvalue weighted by molar-refractivity contribution is 5.81. The molecule has 7 heteroatoms. The van der Waals surface area contributed by atoms with Crippen molar-refractivity contribution in [2.24, 2.45) is 0 Å². The van der Waals surface area contributed by atoms with Gasteiger partial charge >= 0.3 is 12.1 Å². The van der Waals surface area contributed by atoms with Crippen LogP contribution in [0.1, 0.15) is 52.5 Å². The number of benzene rings is 1. The average molecular weight is 395 g/mol. The zero-order chi connectivity index (χ0) is 21.2. The van der Waals surface area contributed by atoms with Crippen molar-refractivity contribution >= 4 is 12.1 Å². The van der Waals surface area contributed by atoms with Crippen LogP contribution >= 0.6 is 0 Å². The largest absolute Gasteiger partial charge is 0.508 e. The van der Waals surface area contributed by atoms with Gasteiger partial charge in [0.1, 0.15) is 24.1 Å². The third-order valence-electron chi connectivity index (χ3n) is 4.01. The van der Waals surface area contributed by atoms with Crippen LogP contribution in [0.2, 0.25) is 0 Å². The molecule has 0 bridgehead atoms. The van der Waals surface area contributed by atoms with Crippen molar-refractivity contribution in [3.8, 4) is 5.75 Å². The number of methoxy groups -OCH3 is 1. The van der Waals surface area contributed by atoms with E-state index in [4.69, 9.17) is 14.2 Å². The molecule has 7 nitrogen and oxygen atoms in total. The highest BCUT2D eigenvalue weighted by Crippen LogP contribution is 2.18. The Morgan fingerprint density at radius 2 is 1.86 bits per heavy atom. The number of esters is 1. The lowest BCUT2D eigenvalue weighted by Crippen LogP contribution is -2.48. The van der Waals surface area contributed by atoms with E-state index in [0.29, 0.717) is 19.3 Å². The number of unbranched alkanes of at least 4 members (excludes halogenated alkanes) is 1. The first-order valence-corrected chi connectivity index (χ1v) is 9.61. The Hall–Kier alpha value is -2.28. The van der Waals surface area contributed by atoms with E-state index in [1.807, 2.05) is 12.1 Å². The van der Waals surface area contributed by atoms with Crippen LogP contribution in [0, 0.1) is 0 Å². The number of ether oxygens (including phenoxy) is 3. The first-order valence-electron chi connectivity index (χ1n) is 9.61. The SMILES string of the molecule is CC[C@@H](C(=O)OCCCCc1ccccc1O)N(COC)C(=O)OC(C)(C)C. The first-order chi connectivity index (χ1) is 13.2. The van der Waals surface area contributed by atoms with Gasteiger partial charge in [0.25, 0.3) is 0 Å². The van der Waals surface area contributed by atoms with Gasteiger partial charge in [-0.25, -0.2) is 9.59 Å². The molecule has 158 valence electrons. The average Bonchev–Trinajstić information content (AvgIpc) is 2.61. The Bertz CT molecular complexity index is 626. The second-order valence-corrected chi connectivity index (χ2v) is 7.55. The lowest BCUT2D eigenvalue weighted by Gasteiger charge is -2.31. The predicted molar refractivity (Wildman–Crippen MR) is 106 cm³/mol. The van der Waals surface area contributed by atoms with Gasteiger partial charge in [-0.05, 0) is 58.1 Å². The second kappa shape index (κ2) is 11.5. The van der Waals surface area contributed by atoms with E-state index >= 15 is 0 Å². The number of phenols is 1. The summed E-state index contributed by atoms with van der Waals surface area (Å²) in [6.45, 7) is 7.28. The number of rotatable bonds is 10. The van der Waals surface area contributed by atoms with Crippen molar-refractivity contribution in [2.75, 3.05) is 20.4 Å². The summed E-state index contributed by atoms with van der Waals surface area (Å²) in [6, 6.07) is 6.41. The summed E-state index contributed by atoms with van der Waals surface area (Å²) in [6.07, 6.45) is 1.91. The molecule has 0 radical (unpaired) electrons. The van der Waals surface area contributed by atoms with E-state index < -0.39 is 23.7 Å².